The van der Waals surface area contributed by atoms with Gasteiger partial charge >= 0.3 is 0 Å². The molecular weight excluding hydrogens is 238 g/mol. The summed E-state index contributed by atoms with van der Waals surface area (Å²) in [5.41, 5.74) is 0.372. The maximum atomic E-state index is 4.55. The Morgan fingerprint density at radius 1 is 1.17 bits per heavy atom. The zero-order chi connectivity index (χ0) is 13.8. The second kappa shape index (κ2) is 7.19. The van der Waals surface area contributed by atoms with Crippen molar-refractivity contribution in [3.05, 3.63) is 0 Å². The van der Waals surface area contributed by atoms with Gasteiger partial charge in [-0.15, -0.1) is 0 Å². The Morgan fingerprint density at radius 3 is 2.11 bits per heavy atom. The first-order valence-electron chi connectivity index (χ1n) is 7.69. The van der Waals surface area contributed by atoms with Crippen LogP contribution in [-0.2, 0) is 0 Å². The minimum Gasteiger partial charge on any atom is -0.303 e. The Hall–Kier alpha value is 0.310. The third-order valence-corrected chi connectivity index (χ3v) is 5.41. The number of rotatable bonds is 5. The molecule has 0 aromatic heterocycles. The van der Waals surface area contributed by atoms with Crippen molar-refractivity contribution in [2.24, 2.45) is 17.3 Å². The molecule has 0 spiro atoms. The summed E-state index contributed by atoms with van der Waals surface area (Å²) in [6, 6.07) is 0.817. The average molecular weight is 272 g/mol. The topological polar surface area (TPSA) is 3.24 Å². The Balaban J connectivity index is 2.43. The zero-order valence-corrected chi connectivity index (χ0v) is 14.0. The normalized spacial score (nSPS) is 27.5. The number of thiol groups is 1. The van der Waals surface area contributed by atoms with Crippen molar-refractivity contribution in [3.63, 3.8) is 0 Å². The average Bonchev–Trinajstić information content (AvgIpc) is 2.34. The van der Waals surface area contributed by atoms with Crippen molar-refractivity contribution in [1.29, 1.82) is 0 Å². The first-order valence-corrected chi connectivity index (χ1v) is 8.32. The fourth-order valence-electron chi connectivity index (χ4n) is 3.10. The molecule has 0 aromatic rings. The standard InChI is InChI=1S/C16H33NS/c1-6-13-7-9-15(10-8-13)17(5)11-14(12-18)16(2,3)4/h13-15,18H,6-12H2,1-5H3. The maximum absolute atomic E-state index is 4.55. The largest absolute Gasteiger partial charge is 0.303 e. The lowest BCUT2D eigenvalue weighted by atomic mass is 9.80. The molecule has 0 aromatic carbocycles. The van der Waals surface area contributed by atoms with Gasteiger partial charge in [0.1, 0.15) is 0 Å². The van der Waals surface area contributed by atoms with Gasteiger partial charge < -0.3 is 4.90 Å². The molecule has 1 rings (SSSR count). The van der Waals surface area contributed by atoms with Gasteiger partial charge in [0.25, 0.3) is 0 Å². The fraction of sp³-hybridized carbons (Fsp3) is 1.00. The highest BCUT2D eigenvalue weighted by molar-refractivity contribution is 7.80. The molecule has 1 nitrogen and oxygen atoms in total. The van der Waals surface area contributed by atoms with Crippen molar-refractivity contribution < 1.29 is 0 Å². The molecule has 1 aliphatic rings. The molecular formula is C16H33NS. The lowest BCUT2D eigenvalue weighted by Gasteiger charge is -2.39. The van der Waals surface area contributed by atoms with Crippen molar-refractivity contribution in [3.8, 4) is 0 Å². The Bertz CT molecular complexity index is 226. The quantitative estimate of drug-likeness (QED) is 0.722. The summed E-state index contributed by atoms with van der Waals surface area (Å²) < 4.78 is 0. The van der Waals surface area contributed by atoms with Crippen LogP contribution in [0.25, 0.3) is 0 Å². The second-order valence-corrected chi connectivity index (χ2v) is 7.63. The van der Waals surface area contributed by atoms with Crippen LogP contribution in [0.4, 0.5) is 0 Å². The highest BCUT2D eigenvalue weighted by Crippen LogP contribution is 2.32. The van der Waals surface area contributed by atoms with Crippen molar-refractivity contribution >= 4 is 12.6 Å². The van der Waals surface area contributed by atoms with E-state index in [9.17, 15) is 0 Å². The Morgan fingerprint density at radius 2 is 1.72 bits per heavy atom. The van der Waals surface area contributed by atoms with E-state index in [-0.39, 0.29) is 0 Å². The molecule has 1 saturated carbocycles. The molecule has 1 unspecified atom stereocenters. The van der Waals surface area contributed by atoms with E-state index >= 15 is 0 Å². The van der Waals surface area contributed by atoms with Gasteiger partial charge in [0.2, 0.25) is 0 Å². The van der Waals surface area contributed by atoms with Crippen LogP contribution in [0.3, 0.4) is 0 Å². The van der Waals surface area contributed by atoms with Crippen LogP contribution in [0.1, 0.15) is 59.8 Å². The van der Waals surface area contributed by atoms with Gasteiger partial charge in [-0.25, -0.2) is 0 Å². The first kappa shape index (κ1) is 16.4. The lowest BCUT2D eigenvalue weighted by Crippen LogP contribution is -2.41. The molecule has 2 heteroatoms. The summed E-state index contributed by atoms with van der Waals surface area (Å²) in [6.07, 6.45) is 7.05. The zero-order valence-electron chi connectivity index (χ0n) is 13.1. The van der Waals surface area contributed by atoms with Gasteiger partial charge in [-0.05, 0) is 55.7 Å². The van der Waals surface area contributed by atoms with E-state index < -0.39 is 0 Å². The van der Waals surface area contributed by atoms with E-state index in [1.807, 2.05) is 0 Å². The molecule has 0 aliphatic heterocycles. The molecule has 0 heterocycles. The van der Waals surface area contributed by atoms with E-state index in [0.717, 1.165) is 17.7 Å². The molecule has 1 fully saturated rings. The predicted molar refractivity (Wildman–Crippen MR) is 85.5 cm³/mol. The number of hydrogen-bond donors (Lipinski definition) is 1. The number of hydrogen-bond acceptors (Lipinski definition) is 2. The van der Waals surface area contributed by atoms with Gasteiger partial charge in [-0.1, -0.05) is 34.1 Å². The smallest absolute Gasteiger partial charge is 0.00925 e. The van der Waals surface area contributed by atoms with E-state index in [2.05, 4.69) is 52.3 Å². The van der Waals surface area contributed by atoms with Crippen LogP contribution < -0.4 is 0 Å². The number of nitrogens with zero attached hydrogens (tertiary/aromatic N) is 1. The monoisotopic (exact) mass is 271 g/mol. The molecule has 1 atom stereocenters. The highest BCUT2D eigenvalue weighted by atomic mass is 32.1. The van der Waals surface area contributed by atoms with Crippen LogP contribution in [0.5, 0.6) is 0 Å². The molecule has 0 saturated heterocycles. The summed E-state index contributed by atoms with van der Waals surface area (Å²) in [5.74, 6) is 2.69. The second-order valence-electron chi connectivity index (χ2n) is 7.27. The van der Waals surface area contributed by atoms with Gasteiger partial charge in [-0.3, -0.25) is 0 Å². The SMILES string of the molecule is CCC1CCC(N(C)CC(CS)C(C)(C)C)CC1. The molecule has 1 aliphatic carbocycles. The Labute approximate surface area is 120 Å². The van der Waals surface area contributed by atoms with Crippen molar-refractivity contribution in [2.75, 3.05) is 19.3 Å². The molecule has 0 bridgehead atoms. The fourth-order valence-corrected chi connectivity index (χ4v) is 3.76. The molecule has 18 heavy (non-hydrogen) atoms. The lowest BCUT2D eigenvalue weighted by molar-refractivity contribution is 0.116. The summed E-state index contributed by atoms with van der Waals surface area (Å²) in [5, 5.41) is 0. The van der Waals surface area contributed by atoms with E-state index in [1.165, 1.54) is 38.6 Å². The molecule has 0 amide bonds. The highest BCUT2D eigenvalue weighted by Gasteiger charge is 2.28. The Kier molecular flexibility index (Phi) is 6.54. The summed E-state index contributed by atoms with van der Waals surface area (Å²) in [4.78, 5) is 2.61. The minimum atomic E-state index is 0.372. The summed E-state index contributed by atoms with van der Waals surface area (Å²) in [6.45, 7) is 10.6. The van der Waals surface area contributed by atoms with Gasteiger partial charge in [0.15, 0.2) is 0 Å². The molecule has 108 valence electrons. The van der Waals surface area contributed by atoms with Crippen LogP contribution in [0.2, 0.25) is 0 Å². The van der Waals surface area contributed by atoms with Crippen LogP contribution in [-0.4, -0.2) is 30.3 Å². The predicted octanol–water partition coefficient (Wildman–Crippen LogP) is 4.48. The van der Waals surface area contributed by atoms with E-state index in [0.29, 0.717) is 11.3 Å². The summed E-state index contributed by atoms with van der Waals surface area (Å²) in [7, 11) is 2.32. The summed E-state index contributed by atoms with van der Waals surface area (Å²) >= 11 is 4.55. The van der Waals surface area contributed by atoms with Crippen molar-refractivity contribution in [2.45, 2.75) is 65.8 Å². The van der Waals surface area contributed by atoms with Crippen LogP contribution in [0.15, 0.2) is 0 Å². The third kappa shape index (κ3) is 4.77. The van der Waals surface area contributed by atoms with E-state index in [4.69, 9.17) is 0 Å². The van der Waals surface area contributed by atoms with Crippen LogP contribution >= 0.6 is 12.6 Å². The maximum Gasteiger partial charge on any atom is 0.00925 e. The third-order valence-electron chi connectivity index (χ3n) is 4.97. The van der Waals surface area contributed by atoms with Crippen molar-refractivity contribution in [1.82, 2.24) is 4.90 Å². The van der Waals surface area contributed by atoms with Gasteiger partial charge in [0, 0.05) is 12.6 Å². The van der Waals surface area contributed by atoms with Gasteiger partial charge in [-0.2, -0.15) is 12.6 Å². The molecule has 0 N–H and O–H groups in total. The van der Waals surface area contributed by atoms with Gasteiger partial charge in [0.05, 0.1) is 0 Å². The first-order chi connectivity index (χ1) is 8.38. The molecule has 0 radical (unpaired) electrons. The minimum absolute atomic E-state index is 0.372. The van der Waals surface area contributed by atoms with Crippen LogP contribution in [0, 0.1) is 17.3 Å². The van der Waals surface area contributed by atoms with E-state index in [1.54, 1.807) is 0 Å².